The second-order valence-corrected chi connectivity index (χ2v) is 7.15. The predicted molar refractivity (Wildman–Crippen MR) is 83.6 cm³/mol. The maximum Gasteiger partial charge on any atom is 0.266 e. The summed E-state index contributed by atoms with van der Waals surface area (Å²) in [5, 5.41) is -0.162. The van der Waals surface area contributed by atoms with Crippen LogP contribution in [0.1, 0.15) is 11.1 Å². The molecule has 7 heteroatoms. The zero-order valence-electron chi connectivity index (χ0n) is 11.8. The quantitative estimate of drug-likeness (QED) is 0.942. The van der Waals surface area contributed by atoms with Gasteiger partial charge < -0.3 is 4.98 Å². The summed E-state index contributed by atoms with van der Waals surface area (Å²) in [6.07, 6.45) is 1.14. The molecule has 0 aliphatic rings. The molecule has 21 heavy (non-hydrogen) atoms. The van der Waals surface area contributed by atoms with Crippen molar-refractivity contribution in [1.82, 2.24) is 4.98 Å². The highest BCUT2D eigenvalue weighted by atomic mass is 35.5. The highest BCUT2D eigenvalue weighted by molar-refractivity contribution is 7.92. The molecule has 0 bridgehead atoms. The summed E-state index contributed by atoms with van der Waals surface area (Å²) in [4.78, 5) is 13.5. The largest absolute Gasteiger partial charge is 0.326 e. The number of halogens is 1. The number of hydrogen-bond donors (Lipinski definition) is 1. The average Bonchev–Trinajstić information content (AvgIpc) is 2.41. The van der Waals surface area contributed by atoms with Gasteiger partial charge >= 0.3 is 0 Å². The Morgan fingerprint density at radius 3 is 2.43 bits per heavy atom. The lowest BCUT2D eigenvalue weighted by Crippen LogP contribution is -2.28. The van der Waals surface area contributed by atoms with Gasteiger partial charge in [0.25, 0.3) is 15.6 Å². The number of nitrogens with zero attached hydrogens (tertiary/aromatic N) is 1. The van der Waals surface area contributed by atoms with Gasteiger partial charge in [-0.1, -0.05) is 29.3 Å². The molecule has 0 spiro atoms. The van der Waals surface area contributed by atoms with E-state index in [4.69, 9.17) is 11.6 Å². The van der Waals surface area contributed by atoms with Gasteiger partial charge in [0, 0.05) is 13.2 Å². The Balaban J connectivity index is 2.52. The third-order valence-corrected chi connectivity index (χ3v) is 5.21. The van der Waals surface area contributed by atoms with Gasteiger partial charge in [-0.3, -0.25) is 9.10 Å². The van der Waals surface area contributed by atoms with Crippen LogP contribution in [0, 0.1) is 13.8 Å². The van der Waals surface area contributed by atoms with Crippen LogP contribution in [0.15, 0.2) is 40.2 Å². The summed E-state index contributed by atoms with van der Waals surface area (Å²) in [6, 6.07) is 6.64. The summed E-state index contributed by atoms with van der Waals surface area (Å²) in [5.41, 5.74) is 1.94. The highest BCUT2D eigenvalue weighted by Crippen LogP contribution is 2.26. The number of aryl methyl sites for hydroxylation is 2. The number of aromatic nitrogens is 1. The highest BCUT2D eigenvalue weighted by Gasteiger charge is 2.23. The minimum Gasteiger partial charge on any atom is -0.326 e. The first-order valence-corrected chi connectivity index (χ1v) is 7.99. The van der Waals surface area contributed by atoms with Gasteiger partial charge in [-0.15, -0.1) is 0 Å². The van der Waals surface area contributed by atoms with E-state index in [1.54, 1.807) is 6.07 Å². The van der Waals surface area contributed by atoms with Crippen molar-refractivity contribution in [2.45, 2.75) is 18.7 Å². The van der Waals surface area contributed by atoms with E-state index in [-0.39, 0.29) is 9.92 Å². The fourth-order valence-electron chi connectivity index (χ4n) is 2.03. The van der Waals surface area contributed by atoms with E-state index in [1.807, 2.05) is 26.0 Å². The molecule has 0 unspecified atom stereocenters. The first kappa shape index (κ1) is 15.6. The number of anilines is 1. The van der Waals surface area contributed by atoms with E-state index in [0.29, 0.717) is 5.69 Å². The van der Waals surface area contributed by atoms with Gasteiger partial charge in [-0.2, -0.15) is 0 Å². The number of aromatic amines is 1. The first-order chi connectivity index (χ1) is 9.73. The number of H-pyrrole nitrogens is 1. The number of hydrogen-bond acceptors (Lipinski definition) is 3. The van der Waals surface area contributed by atoms with Gasteiger partial charge in [0.2, 0.25) is 0 Å². The Morgan fingerprint density at radius 1 is 1.19 bits per heavy atom. The molecule has 1 heterocycles. The lowest BCUT2D eigenvalue weighted by Gasteiger charge is -2.21. The zero-order valence-corrected chi connectivity index (χ0v) is 13.4. The Labute approximate surface area is 128 Å². The minimum atomic E-state index is -3.79. The van der Waals surface area contributed by atoms with Crippen molar-refractivity contribution in [3.63, 3.8) is 0 Å². The lowest BCUT2D eigenvalue weighted by molar-refractivity contribution is 0.594. The van der Waals surface area contributed by atoms with Crippen molar-refractivity contribution in [3.05, 3.63) is 57.0 Å². The second kappa shape index (κ2) is 5.54. The van der Waals surface area contributed by atoms with Gasteiger partial charge in [0.15, 0.2) is 0 Å². The fourth-order valence-corrected chi connectivity index (χ4v) is 3.52. The standard InChI is InChI=1S/C14H15ClN2O3S/c1-9-4-5-13(10(2)6-9)17(3)21(19,20)11-7-12(15)14(18)16-8-11/h4-8H,1-3H3,(H,16,18). The molecule has 112 valence electrons. The molecule has 1 aromatic heterocycles. The van der Waals surface area contributed by atoms with Crippen LogP contribution >= 0.6 is 11.6 Å². The Bertz CT molecular complexity index is 844. The molecule has 0 saturated heterocycles. The topological polar surface area (TPSA) is 70.2 Å². The van der Waals surface area contributed by atoms with Crippen LogP contribution in [0.3, 0.4) is 0 Å². The SMILES string of the molecule is Cc1ccc(N(C)S(=O)(=O)c2c[nH]c(=O)c(Cl)c2)c(C)c1. The van der Waals surface area contributed by atoms with E-state index < -0.39 is 15.6 Å². The van der Waals surface area contributed by atoms with Crippen molar-refractivity contribution < 1.29 is 8.42 Å². The summed E-state index contributed by atoms with van der Waals surface area (Å²) < 4.78 is 26.3. The van der Waals surface area contributed by atoms with E-state index in [0.717, 1.165) is 23.4 Å². The van der Waals surface area contributed by atoms with Crippen molar-refractivity contribution in [1.29, 1.82) is 0 Å². The maximum absolute atomic E-state index is 12.6. The van der Waals surface area contributed by atoms with Crippen LogP contribution in [-0.2, 0) is 10.0 Å². The van der Waals surface area contributed by atoms with Gasteiger partial charge in [0.05, 0.1) is 5.69 Å². The number of sulfonamides is 1. The first-order valence-electron chi connectivity index (χ1n) is 6.18. The van der Waals surface area contributed by atoms with Crippen molar-refractivity contribution in [2.75, 3.05) is 11.4 Å². The van der Waals surface area contributed by atoms with E-state index in [2.05, 4.69) is 4.98 Å². The van der Waals surface area contributed by atoms with E-state index >= 15 is 0 Å². The Morgan fingerprint density at radius 2 is 1.86 bits per heavy atom. The van der Waals surface area contributed by atoms with E-state index in [1.165, 1.54) is 11.4 Å². The summed E-state index contributed by atoms with van der Waals surface area (Å²) in [6.45, 7) is 3.78. The minimum absolute atomic E-state index is 0.0606. The zero-order chi connectivity index (χ0) is 15.8. The van der Waals surface area contributed by atoms with Crippen LogP contribution in [0.2, 0.25) is 5.02 Å². The maximum atomic E-state index is 12.6. The molecule has 0 aliphatic heterocycles. The molecule has 0 aliphatic carbocycles. The number of pyridine rings is 1. The normalized spacial score (nSPS) is 11.4. The van der Waals surface area contributed by atoms with Crippen LogP contribution in [-0.4, -0.2) is 20.4 Å². The second-order valence-electron chi connectivity index (χ2n) is 4.77. The predicted octanol–water partition coefficient (Wildman–Crippen LogP) is 2.47. The van der Waals surface area contributed by atoms with Gasteiger partial charge in [-0.25, -0.2) is 8.42 Å². The average molecular weight is 327 g/mol. The molecular weight excluding hydrogens is 312 g/mol. The number of nitrogens with one attached hydrogen (secondary N) is 1. The van der Waals surface area contributed by atoms with Crippen LogP contribution in [0.25, 0.3) is 0 Å². The lowest BCUT2D eigenvalue weighted by atomic mass is 10.1. The van der Waals surface area contributed by atoms with Crippen molar-refractivity contribution in [3.8, 4) is 0 Å². The monoisotopic (exact) mass is 326 g/mol. The Hall–Kier alpha value is -1.79. The third-order valence-electron chi connectivity index (χ3n) is 3.18. The summed E-state index contributed by atoms with van der Waals surface area (Å²) >= 11 is 5.70. The third kappa shape index (κ3) is 2.96. The molecule has 0 radical (unpaired) electrons. The van der Waals surface area contributed by atoms with Crippen molar-refractivity contribution in [2.24, 2.45) is 0 Å². The molecule has 0 saturated carbocycles. The van der Waals surface area contributed by atoms with Gasteiger partial charge in [-0.05, 0) is 31.5 Å². The fraction of sp³-hybridized carbons (Fsp3) is 0.214. The molecule has 2 aromatic rings. The summed E-state index contributed by atoms with van der Waals surface area (Å²) in [5.74, 6) is 0. The molecule has 0 fully saturated rings. The molecule has 0 amide bonds. The van der Waals surface area contributed by atoms with Gasteiger partial charge in [0.1, 0.15) is 9.92 Å². The van der Waals surface area contributed by atoms with Crippen molar-refractivity contribution >= 4 is 27.3 Å². The van der Waals surface area contributed by atoms with Crippen LogP contribution < -0.4 is 9.86 Å². The molecule has 5 nitrogen and oxygen atoms in total. The number of benzene rings is 1. The van der Waals surface area contributed by atoms with Crippen LogP contribution in [0.5, 0.6) is 0 Å². The summed E-state index contributed by atoms with van der Waals surface area (Å²) in [7, 11) is -2.32. The molecule has 0 atom stereocenters. The molecule has 1 N–H and O–H groups in total. The molecule has 1 aromatic carbocycles. The molecular formula is C14H15ClN2O3S. The smallest absolute Gasteiger partial charge is 0.266 e. The Kier molecular flexibility index (Phi) is 4.11. The molecule has 2 rings (SSSR count). The number of rotatable bonds is 3. The van der Waals surface area contributed by atoms with Crippen LogP contribution in [0.4, 0.5) is 5.69 Å². The van der Waals surface area contributed by atoms with E-state index in [9.17, 15) is 13.2 Å².